The summed E-state index contributed by atoms with van der Waals surface area (Å²) in [7, 11) is 2.68. The molecule has 0 spiro atoms. The number of nitrogens with one attached hydrogen (secondary N) is 1. The van der Waals surface area contributed by atoms with E-state index in [1.54, 1.807) is 0 Å². The number of carbonyl (C=O) groups is 1. The van der Waals surface area contributed by atoms with Crippen molar-refractivity contribution in [2.24, 2.45) is 5.84 Å². The van der Waals surface area contributed by atoms with Crippen LogP contribution in [0.15, 0.2) is 59.4 Å². The molecule has 0 unspecified atom stereocenters. The predicted octanol–water partition coefficient (Wildman–Crippen LogP) is 5.62. The Morgan fingerprint density at radius 3 is 2.10 bits per heavy atom. The van der Waals surface area contributed by atoms with Gasteiger partial charge in [0, 0.05) is 42.3 Å². The van der Waals surface area contributed by atoms with Crippen LogP contribution in [-0.2, 0) is 22.6 Å². The van der Waals surface area contributed by atoms with Crippen LogP contribution in [0.4, 0.5) is 16.2 Å². The average Bonchev–Trinajstić information content (AvgIpc) is 3.02. The number of benzene rings is 3. The lowest BCUT2D eigenvalue weighted by atomic mass is 10.0. The fourth-order valence-corrected chi connectivity index (χ4v) is 3.82. The maximum absolute atomic E-state index is 13.1. The fourth-order valence-electron chi connectivity index (χ4n) is 3.82. The minimum Gasteiger partial charge on any atom is -0.452 e. The SMILES string of the molecule is CC.CC.CC.CCCn1c(=O)c2cc(NCc3ccc(N)cc3)cc3cccc(c1=C=O)c32.COC(=O)N(C)N. The number of hydrogen-bond acceptors (Lipinski definition) is 7. The smallest absolute Gasteiger partial charge is 0.423 e. The van der Waals surface area contributed by atoms with Crippen LogP contribution in [0.1, 0.15) is 60.5 Å². The van der Waals surface area contributed by atoms with Crippen molar-refractivity contribution in [1.82, 2.24) is 9.58 Å². The second kappa shape index (κ2) is 19.7. The van der Waals surface area contributed by atoms with E-state index < -0.39 is 6.09 Å². The molecule has 0 radical (unpaired) electrons. The lowest BCUT2D eigenvalue weighted by molar-refractivity contribution is 0.134. The van der Waals surface area contributed by atoms with Crippen molar-refractivity contribution in [2.75, 3.05) is 25.2 Å². The minimum absolute atomic E-state index is 0.153. The number of hydrogen-bond donors (Lipinski definition) is 3. The van der Waals surface area contributed by atoms with Crippen molar-refractivity contribution in [3.05, 3.63) is 75.9 Å². The van der Waals surface area contributed by atoms with Gasteiger partial charge in [-0.15, -0.1) is 0 Å². The quantitative estimate of drug-likeness (QED) is 0.124. The van der Waals surface area contributed by atoms with Crippen LogP contribution < -0.4 is 27.8 Å². The summed E-state index contributed by atoms with van der Waals surface area (Å²) in [6.45, 7) is 15.1. The lowest BCUT2D eigenvalue weighted by Crippen LogP contribution is -2.34. The van der Waals surface area contributed by atoms with E-state index in [9.17, 15) is 14.4 Å². The highest BCUT2D eigenvalue weighted by atomic mass is 16.5. The first-order valence-corrected chi connectivity index (χ1v) is 14.1. The van der Waals surface area contributed by atoms with Gasteiger partial charge in [0.2, 0.25) is 0 Å². The highest BCUT2D eigenvalue weighted by Crippen LogP contribution is 2.26. The van der Waals surface area contributed by atoms with Crippen molar-refractivity contribution in [1.29, 1.82) is 0 Å². The maximum Gasteiger partial charge on any atom is 0.423 e. The molecule has 4 aromatic rings. The Balaban J connectivity index is 0.00000106. The highest BCUT2D eigenvalue weighted by molar-refractivity contribution is 6.11. The number of nitrogens with zero attached hydrogens (tertiary/aromatic N) is 2. The summed E-state index contributed by atoms with van der Waals surface area (Å²) in [5, 5.41) is 7.69. The summed E-state index contributed by atoms with van der Waals surface area (Å²) < 4.78 is 5.71. The van der Waals surface area contributed by atoms with Gasteiger partial charge in [0.1, 0.15) is 5.35 Å². The van der Waals surface area contributed by atoms with Gasteiger partial charge in [0.25, 0.3) is 5.56 Å². The third kappa shape index (κ3) is 9.98. The molecule has 0 saturated carbocycles. The standard InChI is InChI=1S/C23H21N3O2.C3H8N2O2.3C2H6/c1-2-10-26-21(14-27)19-5-3-4-16-11-18(12-20(22(16)19)23(26)28)25-13-15-6-8-17(24)9-7-15;1-5(4)3(6)7-2;3*1-2/h3-9,11-12,25H,2,10,13,24H2,1H3;4H2,1-2H3;3*1-2H3. The first kappa shape index (κ1) is 36.7. The van der Waals surface area contributed by atoms with E-state index >= 15 is 0 Å². The molecule has 0 bridgehead atoms. The van der Waals surface area contributed by atoms with E-state index in [0.717, 1.165) is 44.5 Å². The molecule has 0 saturated heterocycles. The van der Waals surface area contributed by atoms with Crippen molar-refractivity contribution in [2.45, 2.75) is 68.0 Å². The second-order valence-corrected chi connectivity index (χ2v) is 8.01. The van der Waals surface area contributed by atoms with Crippen molar-refractivity contribution < 1.29 is 14.3 Å². The molecule has 3 aromatic carbocycles. The van der Waals surface area contributed by atoms with Gasteiger partial charge in [-0.05, 0) is 41.6 Å². The van der Waals surface area contributed by atoms with E-state index in [1.165, 1.54) is 18.7 Å². The van der Waals surface area contributed by atoms with Crippen LogP contribution in [0.2, 0.25) is 0 Å². The molecule has 9 nitrogen and oxygen atoms in total. The molecular weight excluding hydrogens is 518 g/mol. The van der Waals surface area contributed by atoms with Gasteiger partial charge in [0.15, 0.2) is 5.94 Å². The zero-order valence-electron chi connectivity index (χ0n) is 26.0. The van der Waals surface area contributed by atoms with Crippen molar-refractivity contribution in [3.8, 4) is 0 Å². The molecule has 224 valence electrons. The zero-order valence-corrected chi connectivity index (χ0v) is 26.0. The van der Waals surface area contributed by atoms with Crippen LogP contribution in [0.3, 0.4) is 0 Å². The molecule has 4 rings (SSSR count). The monoisotopic (exact) mass is 565 g/mol. The van der Waals surface area contributed by atoms with E-state index in [4.69, 9.17) is 11.6 Å². The van der Waals surface area contributed by atoms with Gasteiger partial charge in [-0.2, -0.15) is 0 Å². The molecule has 41 heavy (non-hydrogen) atoms. The topological polar surface area (TPSA) is 133 Å². The Morgan fingerprint density at radius 1 is 1.00 bits per heavy atom. The zero-order chi connectivity index (χ0) is 31.5. The first-order chi connectivity index (χ1) is 19.8. The fraction of sp³-hybridized carbons (Fsp3) is 0.375. The van der Waals surface area contributed by atoms with E-state index in [2.05, 4.69) is 10.1 Å². The van der Waals surface area contributed by atoms with E-state index in [0.29, 0.717) is 23.8 Å². The molecule has 0 atom stereocenters. The van der Waals surface area contributed by atoms with Crippen molar-refractivity contribution >= 4 is 45.0 Å². The number of nitrogens with two attached hydrogens (primary N) is 2. The average molecular weight is 566 g/mol. The van der Waals surface area contributed by atoms with E-state index in [1.807, 2.05) is 109 Å². The maximum atomic E-state index is 13.1. The molecule has 0 aliphatic carbocycles. The first-order valence-electron chi connectivity index (χ1n) is 14.1. The summed E-state index contributed by atoms with van der Waals surface area (Å²) in [5.74, 6) is 6.89. The van der Waals surface area contributed by atoms with Gasteiger partial charge in [-0.1, -0.05) is 78.8 Å². The Kier molecular flexibility index (Phi) is 17.6. The summed E-state index contributed by atoms with van der Waals surface area (Å²) >= 11 is 0. The van der Waals surface area contributed by atoms with Gasteiger partial charge < -0.3 is 15.8 Å². The van der Waals surface area contributed by atoms with Gasteiger partial charge in [0.05, 0.1) is 12.5 Å². The number of amides is 1. The van der Waals surface area contributed by atoms with Gasteiger partial charge >= 0.3 is 6.09 Å². The summed E-state index contributed by atoms with van der Waals surface area (Å²) in [6, 6.07) is 17.3. The van der Waals surface area contributed by atoms with Crippen LogP contribution >= 0.6 is 0 Å². The number of rotatable bonds is 5. The molecule has 1 aromatic heterocycles. The van der Waals surface area contributed by atoms with Crippen LogP contribution in [0.25, 0.3) is 21.5 Å². The van der Waals surface area contributed by atoms with Gasteiger partial charge in [-0.3, -0.25) is 9.36 Å². The number of anilines is 2. The number of pyridine rings is 1. The van der Waals surface area contributed by atoms with Crippen molar-refractivity contribution in [3.63, 3.8) is 0 Å². The number of ether oxygens (including phenoxy) is 1. The predicted molar refractivity (Wildman–Crippen MR) is 173 cm³/mol. The molecule has 0 aliphatic heterocycles. The third-order valence-corrected chi connectivity index (χ3v) is 5.46. The van der Waals surface area contributed by atoms with Crippen LogP contribution in [0.5, 0.6) is 0 Å². The Bertz CT molecular complexity index is 1470. The Labute approximate surface area is 243 Å². The van der Waals surface area contributed by atoms with E-state index in [-0.39, 0.29) is 5.56 Å². The van der Waals surface area contributed by atoms with Crippen LogP contribution in [-0.4, -0.2) is 35.8 Å². The summed E-state index contributed by atoms with van der Waals surface area (Å²) in [4.78, 5) is 34.8. The van der Waals surface area contributed by atoms with Gasteiger partial charge in [-0.25, -0.2) is 20.4 Å². The third-order valence-electron chi connectivity index (χ3n) is 5.46. The molecule has 0 aliphatic rings. The molecule has 5 N–H and O–H groups in total. The molecule has 9 heteroatoms. The Morgan fingerprint density at radius 2 is 1.61 bits per heavy atom. The molecule has 0 fully saturated rings. The Hall–Kier alpha value is -4.33. The minimum atomic E-state index is -0.542. The lowest BCUT2D eigenvalue weighted by Gasteiger charge is -2.14. The number of methoxy groups -OCH3 is 1. The number of carbonyl (C=O) groups excluding carboxylic acids is 2. The van der Waals surface area contributed by atoms with Crippen LogP contribution in [0, 0.1) is 0 Å². The molecule has 1 heterocycles. The second-order valence-electron chi connectivity index (χ2n) is 8.01. The largest absolute Gasteiger partial charge is 0.452 e. The molecule has 1 amide bonds. The number of hydrazine groups is 1. The molecular formula is C32H47N5O4. The summed E-state index contributed by atoms with van der Waals surface area (Å²) in [5.41, 5.74) is 8.27. The highest BCUT2D eigenvalue weighted by Gasteiger charge is 2.13. The summed E-state index contributed by atoms with van der Waals surface area (Å²) in [6.07, 6.45) is 0.220. The number of nitrogen functional groups attached to an aromatic ring is 1. The number of aromatic nitrogens is 1. The normalized spacial score (nSPS) is 9.32.